The highest BCUT2D eigenvalue weighted by Gasteiger charge is 2.15. The molecule has 0 bridgehead atoms. The van der Waals surface area contributed by atoms with Crippen molar-refractivity contribution in [1.29, 1.82) is 0 Å². The lowest BCUT2D eigenvalue weighted by Gasteiger charge is -2.05. The number of fused-ring (bicyclic) bond motifs is 1. The van der Waals surface area contributed by atoms with Crippen molar-refractivity contribution >= 4 is 40.5 Å². The summed E-state index contributed by atoms with van der Waals surface area (Å²) in [6.45, 7) is 0.187. The number of nitrogens with zero attached hydrogens (tertiary/aromatic N) is 1. The van der Waals surface area contributed by atoms with Gasteiger partial charge in [0.25, 0.3) is 0 Å². The fourth-order valence-corrected chi connectivity index (χ4v) is 4.51. The van der Waals surface area contributed by atoms with Gasteiger partial charge in [0, 0.05) is 22.7 Å². The molecule has 30 heavy (non-hydrogen) atoms. The molecular formula is C21H18N2O5S2. The third-order valence-electron chi connectivity index (χ3n) is 4.27. The lowest BCUT2D eigenvalue weighted by molar-refractivity contribution is -0.115. The number of methoxy groups -OCH3 is 1. The molecular weight excluding hydrogens is 424 g/mol. The maximum Gasteiger partial charge on any atom is 0.231 e. The van der Waals surface area contributed by atoms with Gasteiger partial charge in [-0.3, -0.25) is 9.59 Å². The number of ketones is 1. The number of Topliss-reactive ketones (excluding diaryl/α,β-unsaturated/α-hetero) is 1. The van der Waals surface area contributed by atoms with Crippen molar-refractivity contribution in [1.82, 2.24) is 4.98 Å². The zero-order valence-electron chi connectivity index (χ0n) is 16.0. The van der Waals surface area contributed by atoms with Crippen LogP contribution in [-0.4, -0.2) is 36.3 Å². The molecule has 0 unspecified atom stereocenters. The molecule has 0 atom stereocenters. The predicted molar refractivity (Wildman–Crippen MR) is 115 cm³/mol. The van der Waals surface area contributed by atoms with Crippen LogP contribution in [0.2, 0.25) is 0 Å². The maximum absolute atomic E-state index is 12.3. The number of aromatic nitrogens is 1. The van der Waals surface area contributed by atoms with Gasteiger partial charge in [-0.2, -0.15) is 0 Å². The van der Waals surface area contributed by atoms with Crippen LogP contribution in [0.1, 0.15) is 16.1 Å². The number of carbonyl (C=O) groups is 2. The first-order chi connectivity index (χ1) is 14.6. The number of hydrogen-bond donors (Lipinski definition) is 1. The minimum Gasteiger partial charge on any atom is -0.497 e. The average molecular weight is 443 g/mol. The molecule has 0 saturated carbocycles. The second-order valence-electron chi connectivity index (χ2n) is 6.34. The molecule has 1 aliphatic rings. The van der Waals surface area contributed by atoms with E-state index in [1.807, 2.05) is 5.38 Å². The Morgan fingerprint density at radius 1 is 1.17 bits per heavy atom. The van der Waals surface area contributed by atoms with Crippen molar-refractivity contribution in [2.45, 2.75) is 10.8 Å². The molecule has 0 aliphatic carbocycles. The van der Waals surface area contributed by atoms with Crippen LogP contribution in [-0.2, 0) is 11.2 Å². The van der Waals surface area contributed by atoms with E-state index in [-0.39, 0.29) is 30.7 Å². The lowest BCUT2D eigenvalue weighted by atomic mass is 10.1. The van der Waals surface area contributed by atoms with Crippen molar-refractivity contribution in [3.05, 3.63) is 59.1 Å². The van der Waals surface area contributed by atoms with E-state index in [1.165, 1.54) is 23.1 Å². The van der Waals surface area contributed by atoms with Crippen molar-refractivity contribution in [3.63, 3.8) is 0 Å². The Kier molecular flexibility index (Phi) is 6.20. The summed E-state index contributed by atoms with van der Waals surface area (Å²) >= 11 is 2.78. The van der Waals surface area contributed by atoms with Gasteiger partial charge in [0.15, 0.2) is 21.6 Å². The summed E-state index contributed by atoms with van der Waals surface area (Å²) < 4.78 is 16.4. The number of carbonyl (C=O) groups excluding carboxylic acids is 2. The van der Waals surface area contributed by atoms with Crippen LogP contribution in [0.15, 0.2) is 52.2 Å². The minimum absolute atomic E-state index is 0.0138. The highest BCUT2D eigenvalue weighted by Crippen LogP contribution is 2.34. The quantitative estimate of drug-likeness (QED) is 0.416. The number of thiazole rings is 1. The van der Waals surface area contributed by atoms with Gasteiger partial charge in [-0.1, -0.05) is 11.8 Å². The second-order valence-corrected chi connectivity index (χ2v) is 8.42. The molecule has 1 aliphatic heterocycles. The molecule has 1 N–H and O–H groups in total. The number of ether oxygens (including phenoxy) is 3. The van der Waals surface area contributed by atoms with Gasteiger partial charge < -0.3 is 19.5 Å². The molecule has 2 aromatic carbocycles. The van der Waals surface area contributed by atoms with E-state index in [2.05, 4.69) is 10.3 Å². The van der Waals surface area contributed by atoms with Gasteiger partial charge in [0.05, 0.1) is 25.0 Å². The van der Waals surface area contributed by atoms with Crippen LogP contribution in [0.5, 0.6) is 17.2 Å². The third kappa shape index (κ3) is 4.92. The van der Waals surface area contributed by atoms with E-state index >= 15 is 0 Å². The number of rotatable bonds is 8. The molecule has 2 heterocycles. The zero-order chi connectivity index (χ0) is 20.9. The number of benzene rings is 2. The zero-order valence-corrected chi connectivity index (χ0v) is 17.7. The van der Waals surface area contributed by atoms with E-state index < -0.39 is 0 Å². The first kappa shape index (κ1) is 20.2. The summed E-state index contributed by atoms with van der Waals surface area (Å²) in [7, 11) is 1.59. The molecule has 1 aromatic heterocycles. The molecule has 9 heteroatoms. The van der Waals surface area contributed by atoms with Gasteiger partial charge in [-0.25, -0.2) is 4.98 Å². The van der Waals surface area contributed by atoms with Crippen molar-refractivity contribution < 1.29 is 23.8 Å². The van der Waals surface area contributed by atoms with Crippen LogP contribution in [0.4, 0.5) is 5.69 Å². The molecule has 1 amide bonds. The summed E-state index contributed by atoms with van der Waals surface area (Å²) in [5.41, 5.74) is 1.93. The molecule has 3 aromatic rings. The van der Waals surface area contributed by atoms with E-state index in [0.29, 0.717) is 34.2 Å². The fraction of sp³-hybridized carbons (Fsp3) is 0.190. The standard InChI is InChI=1S/C21H18N2O5S2/c1-26-16-5-2-13(3-6-16)17(24)11-30-21-23-15(10-29-21)9-20(25)22-14-4-7-18-19(8-14)28-12-27-18/h2-8,10H,9,11-12H2,1H3,(H,22,25). The molecule has 0 radical (unpaired) electrons. The summed E-state index contributed by atoms with van der Waals surface area (Å²) in [5.74, 6) is 2.11. The Balaban J connectivity index is 1.28. The summed E-state index contributed by atoms with van der Waals surface area (Å²) in [5, 5.41) is 4.66. The van der Waals surface area contributed by atoms with Gasteiger partial charge >= 0.3 is 0 Å². The topological polar surface area (TPSA) is 86.8 Å². The largest absolute Gasteiger partial charge is 0.497 e. The summed E-state index contributed by atoms with van der Waals surface area (Å²) in [4.78, 5) is 29.1. The maximum atomic E-state index is 12.3. The third-order valence-corrected chi connectivity index (χ3v) is 6.34. The number of anilines is 1. The van der Waals surface area contributed by atoms with Gasteiger partial charge in [-0.05, 0) is 36.4 Å². The Hall–Kier alpha value is -3.04. The lowest BCUT2D eigenvalue weighted by Crippen LogP contribution is -2.14. The van der Waals surface area contributed by atoms with Crippen LogP contribution < -0.4 is 19.5 Å². The predicted octanol–water partition coefficient (Wildman–Crippen LogP) is 4.04. The van der Waals surface area contributed by atoms with Crippen molar-refractivity contribution in [2.75, 3.05) is 25.0 Å². The van der Waals surface area contributed by atoms with Gasteiger partial charge in [-0.15, -0.1) is 11.3 Å². The Morgan fingerprint density at radius 3 is 2.77 bits per heavy atom. The SMILES string of the molecule is COc1ccc(C(=O)CSc2nc(CC(=O)Nc3ccc4c(c3)OCO4)cs2)cc1. The monoisotopic (exact) mass is 442 g/mol. The van der Waals surface area contributed by atoms with Crippen molar-refractivity contribution in [2.24, 2.45) is 0 Å². The van der Waals surface area contributed by atoms with E-state index in [1.54, 1.807) is 49.6 Å². The van der Waals surface area contributed by atoms with Gasteiger partial charge in [0.2, 0.25) is 12.7 Å². The van der Waals surface area contributed by atoms with Gasteiger partial charge in [0.1, 0.15) is 5.75 Å². The molecule has 0 spiro atoms. The second kappa shape index (κ2) is 9.19. The minimum atomic E-state index is -0.176. The Labute approximate surface area is 181 Å². The first-order valence-corrected chi connectivity index (χ1v) is 10.9. The fourth-order valence-electron chi connectivity index (χ4n) is 2.77. The van der Waals surface area contributed by atoms with Crippen LogP contribution >= 0.6 is 23.1 Å². The van der Waals surface area contributed by atoms with E-state index in [0.717, 1.165) is 4.34 Å². The number of nitrogens with one attached hydrogen (secondary N) is 1. The van der Waals surface area contributed by atoms with Crippen LogP contribution in [0, 0.1) is 0 Å². The highest BCUT2D eigenvalue weighted by atomic mass is 32.2. The molecule has 154 valence electrons. The average Bonchev–Trinajstić information content (AvgIpc) is 3.41. The Bertz CT molecular complexity index is 1070. The summed E-state index contributed by atoms with van der Waals surface area (Å²) in [6, 6.07) is 12.3. The first-order valence-electron chi connectivity index (χ1n) is 9.04. The molecule has 7 nitrogen and oxygen atoms in total. The molecule has 0 saturated heterocycles. The molecule has 4 rings (SSSR count). The van der Waals surface area contributed by atoms with E-state index in [4.69, 9.17) is 14.2 Å². The molecule has 0 fully saturated rings. The number of amides is 1. The Morgan fingerprint density at radius 2 is 1.97 bits per heavy atom. The van der Waals surface area contributed by atoms with E-state index in [9.17, 15) is 9.59 Å². The highest BCUT2D eigenvalue weighted by molar-refractivity contribution is 8.01. The smallest absolute Gasteiger partial charge is 0.231 e. The number of hydrogen-bond acceptors (Lipinski definition) is 8. The summed E-state index contributed by atoms with van der Waals surface area (Å²) in [6.07, 6.45) is 0.151. The van der Waals surface area contributed by atoms with Crippen molar-refractivity contribution in [3.8, 4) is 17.2 Å². The number of thioether (sulfide) groups is 1. The van der Waals surface area contributed by atoms with Crippen LogP contribution in [0.3, 0.4) is 0 Å². The van der Waals surface area contributed by atoms with Crippen LogP contribution in [0.25, 0.3) is 0 Å². The normalized spacial score (nSPS) is 11.9.